The van der Waals surface area contributed by atoms with Gasteiger partial charge in [0.05, 0.1) is 12.2 Å². The van der Waals surface area contributed by atoms with Crippen molar-refractivity contribution < 1.29 is 14.6 Å². The van der Waals surface area contributed by atoms with E-state index in [2.05, 4.69) is 0 Å². The lowest BCUT2D eigenvalue weighted by molar-refractivity contribution is 0.0689. The Balaban J connectivity index is 2.46. The summed E-state index contributed by atoms with van der Waals surface area (Å²) in [6.07, 6.45) is 4.34. The molecule has 1 fully saturated rings. The van der Waals surface area contributed by atoms with Crippen molar-refractivity contribution >= 4 is 5.97 Å². The molecule has 0 bridgehead atoms. The zero-order valence-electron chi connectivity index (χ0n) is 10.1. The fourth-order valence-corrected chi connectivity index (χ4v) is 2.95. The molecule has 2 rings (SSSR count). The third-order valence-electron chi connectivity index (χ3n) is 3.71. The van der Waals surface area contributed by atoms with Gasteiger partial charge in [-0.1, -0.05) is 31.0 Å². The number of methoxy groups -OCH3 is 1. The molecule has 1 saturated carbocycles. The van der Waals surface area contributed by atoms with Crippen LogP contribution in [0.1, 0.15) is 41.6 Å². The monoisotopic (exact) mass is 234 g/mol. The summed E-state index contributed by atoms with van der Waals surface area (Å²) in [5, 5.41) is 9.27. The van der Waals surface area contributed by atoms with Crippen LogP contribution in [0, 0.1) is 0 Å². The zero-order valence-corrected chi connectivity index (χ0v) is 10.1. The Morgan fingerprint density at radius 3 is 2.59 bits per heavy atom. The van der Waals surface area contributed by atoms with Crippen LogP contribution in [0.4, 0.5) is 0 Å². The highest BCUT2D eigenvalue weighted by molar-refractivity contribution is 5.89. The van der Waals surface area contributed by atoms with Crippen LogP contribution < -0.4 is 0 Å². The maximum atomic E-state index is 11.3. The summed E-state index contributed by atoms with van der Waals surface area (Å²) >= 11 is 0. The highest BCUT2D eigenvalue weighted by atomic mass is 16.5. The molecule has 3 heteroatoms. The fraction of sp³-hybridized carbons (Fsp3) is 0.500. The summed E-state index contributed by atoms with van der Waals surface area (Å²) in [6, 6.07) is 7.32. The number of aromatic carboxylic acids is 1. The maximum absolute atomic E-state index is 11.3. The van der Waals surface area contributed by atoms with Gasteiger partial charge in [0.25, 0.3) is 0 Å². The minimum absolute atomic E-state index is 0.0935. The van der Waals surface area contributed by atoms with Gasteiger partial charge in [-0.05, 0) is 24.5 Å². The third-order valence-corrected chi connectivity index (χ3v) is 3.71. The number of carboxylic acid groups (broad SMARTS) is 1. The van der Waals surface area contributed by atoms with E-state index in [1.165, 1.54) is 0 Å². The first kappa shape index (κ1) is 12.1. The van der Waals surface area contributed by atoms with Gasteiger partial charge in [-0.25, -0.2) is 4.79 Å². The van der Waals surface area contributed by atoms with Gasteiger partial charge < -0.3 is 9.84 Å². The van der Waals surface area contributed by atoms with Crippen molar-refractivity contribution in [3.05, 3.63) is 35.4 Å². The second kappa shape index (κ2) is 4.88. The Labute approximate surface area is 101 Å². The van der Waals surface area contributed by atoms with Crippen molar-refractivity contribution in [1.29, 1.82) is 0 Å². The Kier molecular flexibility index (Phi) is 3.48. The standard InChI is InChI=1S/C14H18O3/c1-17-10-14(8-4-5-9-14)12-7-3-2-6-11(12)13(15)16/h2-3,6-7H,4-5,8-10H2,1H3,(H,15,16). The second-order valence-corrected chi connectivity index (χ2v) is 4.77. The van der Waals surface area contributed by atoms with Crippen molar-refractivity contribution in [2.24, 2.45) is 0 Å². The fourth-order valence-electron chi connectivity index (χ4n) is 2.95. The number of rotatable bonds is 4. The zero-order chi connectivity index (χ0) is 12.3. The molecule has 0 radical (unpaired) electrons. The van der Waals surface area contributed by atoms with Crippen molar-refractivity contribution in [3.8, 4) is 0 Å². The number of carboxylic acids is 1. The van der Waals surface area contributed by atoms with Crippen LogP contribution in [0.2, 0.25) is 0 Å². The van der Waals surface area contributed by atoms with Crippen LogP contribution in [0.5, 0.6) is 0 Å². The summed E-state index contributed by atoms with van der Waals surface area (Å²) in [4.78, 5) is 11.3. The van der Waals surface area contributed by atoms with Crippen LogP contribution in [0.15, 0.2) is 24.3 Å². The summed E-state index contributed by atoms with van der Waals surface area (Å²) in [5.41, 5.74) is 1.27. The van der Waals surface area contributed by atoms with Gasteiger partial charge in [-0.3, -0.25) is 0 Å². The normalized spacial score (nSPS) is 18.2. The van der Waals surface area contributed by atoms with E-state index in [9.17, 15) is 9.90 Å². The largest absolute Gasteiger partial charge is 0.478 e. The van der Waals surface area contributed by atoms with Crippen molar-refractivity contribution in [2.45, 2.75) is 31.1 Å². The third kappa shape index (κ3) is 2.20. The lowest BCUT2D eigenvalue weighted by atomic mass is 9.77. The van der Waals surface area contributed by atoms with E-state index in [-0.39, 0.29) is 5.41 Å². The molecule has 0 saturated heterocycles. The lowest BCUT2D eigenvalue weighted by Gasteiger charge is -2.30. The molecular formula is C14H18O3. The summed E-state index contributed by atoms with van der Waals surface area (Å²) in [7, 11) is 1.68. The summed E-state index contributed by atoms with van der Waals surface area (Å²) < 4.78 is 5.33. The van der Waals surface area contributed by atoms with Gasteiger partial charge in [-0.2, -0.15) is 0 Å². The number of ether oxygens (including phenoxy) is 1. The van der Waals surface area contributed by atoms with Gasteiger partial charge >= 0.3 is 5.97 Å². The first-order valence-corrected chi connectivity index (χ1v) is 6.01. The van der Waals surface area contributed by atoms with Crippen LogP contribution >= 0.6 is 0 Å². The van der Waals surface area contributed by atoms with Gasteiger partial charge in [-0.15, -0.1) is 0 Å². The van der Waals surface area contributed by atoms with E-state index in [0.29, 0.717) is 12.2 Å². The minimum Gasteiger partial charge on any atom is -0.478 e. The Morgan fingerprint density at radius 1 is 1.35 bits per heavy atom. The highest BCUT2D eigenvalue weighted by Crippen LogP contribution is 2.42. The molecule has 0 atom stereocenters. The molecule has 0 amide bonds. The molecule has 0 aliphatic heterocycles. The number of hydrogen-bond donors (Lipinski definition) is 1. The molecule has 92 valence electrons. The molecule has 0 unspecified atom stereocenters. The minimum atomic E-state index is -0.844. The summed E-state index contributed by atoms with van der Waals surface area (Å²) in [6.45, 7) is 0.608. The topological polar surface area (TPSA) is 46.5 Å². The molecular weight excluding hydrogens is 216 g/mol. The SMILES string of the molecule is COCC1(c2ccccc2C(=O)O)CCCC1. The molecule has 1 N–H and O–H groups in total. The van der Waals surface area contributed by atoms with Crippen LogP contribution in [0.25, 0.3) is 0 Å². The maximum Gasteiger partial charge on any atom is 0.335 e. The first-order chi connectivity index (χ1) is 8.19. The van der Waals surface area contributed by atoms with Crippen molar-refractivity contribution in [2.75, 3.05) is 13.7 Å². The Morgan fingerprint density at radius 2 is 2.00 bits per heavy atom. The number of benzene rings is 1. The van der Waals surface area contributed by atoms with Crippen molar-refractivity contribution in [1.82, 2.24) is 0 Å². The van der Waals surface area contributed by atoms with Crippen molar-refractivity contribution in [3.63, 3.8) is 0 Å². The predicted molar refractivity (Wildman–Crippen MR) is 65.4 cm³/mol. The number of hydrogen-bond acceptors (Lipinski definition) is 2. The van der Waals surface area contributed by atoms with E-state index in [4.69, 9.17) is 4.74 Å². The van der Waals surface area contributed by atoms with Gasteiger partial charge in [0, 0.05) is 12.5 Å². The summed E-state index contributed by atoms with van der Waals surface area (Å²) in [5.74, 6) is -0.844. The molecule has 1 aliphatic carbocycles. The van der Waals surface area contributed by atoms with Crippen LogP contribution in [0.3, 0.4) is 0 Å². The van der Waals surface area contributed by atoms with Gasteiger partial charge in [0.2, 0.25) is 0 Å². The van der Waals surface area contributed by atoms with E-state index in [0.717, 1.165) is 31.2 Å². The average Bonchev–Trinajstić information content (AvgIpc) is 2.79. The molecule has 1 aliphatic rings. The second-order valence-electron chi connectivity index (χ2n) is 4.77. The molecule has 17 heavy (non-hydrogen) atoms. The Hall–Kier alpha value is -1.35. The quantitative estimate of drug-likeness (QED) is 0.871. The smallest absolute Gasteiger partial charge is 0.335 e. The molecule has 3 nitrogen and oxygen atoms in total. The van der Waals surface area contributed by atoms with E-state index >= 15 is 0 Å². The van der Waals surface area contributed by atoms with Gasteiger partial charge in [0.15, 0.2) is 0 Å². The van der Waals surface area contributed by atoms with Crippen LogP contribution in [-0.4, -0.2) is 24.8 Å². The molecule has 1 aromatic rings. The van der Waals surface area contributed by atoms with E-state index < -0.39 is 5.97 Å². The van der Waals surface area contributed by atoms with Crippen LogP contribution in [-0.2, 0) is 10.2 Å². The first-order valence-electron chi connectivity index (χ1n) is 6.01. The van der Waals surface area contributed by atoms with Gasteiger partial charge in [0.1, 0.15) is 0 Å². The molecule has 1 aromatic carbocycles. The number of carbonyl (C=O) groups is 1. The molecule has 0 heterocycles. The van der Waals surface area contributed by atoms with E-state index in [1.54, 1.807) is 19.2 Å². The predicted octanol–water partition coefficient (Wildman–Crippen LogP) is 2.84. The molecule has 0 spiro atoms. The molecule has 0 aromatic heterocycles. The highest BCUT2D eigenvalue weighted by Gasteiger charge is 2.38. The Bertz CT molecular complexity index is 406. The lowest BCUT2D eigenvalue weighted by Crippen LogP contribution is -2.30. The average molecular weight is 234 g/mol. The van der Waals surface area contributed by atoms with E-state index in [1.807, 2.05) is 12.1 Å².